The van der Waals surface area contributed by atoms with Gasteiger partial charge in [0.25, 0.3) is 0 Å². The van der Waals surface area contributed by atoms with Gasteiger partial charge in [-0.3, -0.25) is 4.79 Å². The third-order valence-corrected chi connectivity index (χ3v) is 1.95. The van der Waals surface area contributed by atoms with Crippen LogP contribution in [0.5, 0.6) is 0 Å². The minimum atomic E-state index is -2.98. The van der Waals surface area contributed by atoms with Crippen molar-refractivity contribution in [1.82, 2.24) is 5.43 Å². The number of alkyl halides is 2. The molecule has 1 saturated carbocycles. The Morgan fingerprint density at radius 2 is 1.92 bits per heavy atom. The summed E-state index contributed by atoms with van der Waals surface area (Å²) < 4.78 is 23.4. The SMILES string of the molecule is O=C(NN=C1CCCCC1)C(F)F. The fourth-order valence-corrected chi connectivity index (χ4v) is 1.25. The number of hydrogen-bond donors (Lipinski definition) is 1. The minimum Gasteiger partial charge on any atom is -0.266 e. The molecule has 0 atom stereocenters. The number of carbonyl (C=O) groups excluding carboxylic acids is 1. The maximum absolute atomic E-state index is 11.7. The molecule has 0 aromatic heterocycles. The Kier molecular flexibility index (Phi) is 3.79. The summed E-state index contributed by atoms with van der Waals surface area (Å²) in [6.07, 6.45) is 1.86. The summed E-state index contributed by atoms with van der Waals surface area (Å²) >= 11 is 0. The Balaban J connectivity index is 2.33. The summed E-state index contributed by atoms with van der Waals surface area (Å²) in [4.78, 5) is 10.4. The van der Waals surface area contributed by atoms with Crippen LogP contribution in [0.3, 0.4) is 0 Å². The molecule has 0 aliphatic heterocycles. The lowest BCUT2D eigenvalue weighted by molar-refractivity contribution is -0.131. The summed E-state index contributed by atoms with van der Waals surface area (Å²) in [5, 5.41) is 3.64. The number of halogens is 2. The Bertz CT molecular complexity index is 208. The van der Waals surface area contributed by atoms with Crippen LogP contribution >= 0.6 is 0 Å². The summed E-state index contributed by atoms with van der Waals surface area (Å²) in [5.41, 5.74) is 2.67. The lowest BCUT2D eigenvalue weighted by atomic mass is 9.99. The van der Waals surface area contributed by atoms with E-state index in [1.54, 1.807) is 0 Å². The van der Waals surface area contributed by atoms with Crippen molar-refractivity contribution in [3.8, 4) is 0 Å². The number of hydrogen-bond acceptors (Lipinski definition) is 2. The van der Waals surface area contributed by atoms with Gasteiger partial charge in [-0.15, -0.1) is 0 Å². The van der Waals surface area contributed by atoms with Crippen LogP contribution in [0.1, 0.15) is 32.1 Å². The molecule has 13 heavy (non-hydrogen) atoms. The maximum atomic E-state index is 11.7. The lowest BCUT2D eigenvalue weighted by Gasteiger charge is -2.11. The molecule has 0 aromatic carbocycles. The average molecular weight is 190 g/mol. The van der Waals surface area contributed by atoms with Crippen LogP contribution in [0, 0.1) is 0 Å². The van der Waals surface area contributed by atoms with Gasteiger partial charge in [-0.2, -0.15) is 13.9 Å². The fourth-order valence-electron chi connectivity index (χ4n) is 1.25. The van der Waals surface area contributed by atoms with Crippen molar-refractivity contribution in [2.24, 2.45) is 5.10 Å². The standard InChI is InChI=1S/C8H12F2N2O/c9-7(10)8(13)12-11-6-4-2-1-3-5-6/h7H,1-5H2,(H,12,13). The second-order valence-corrected chi connectivity index (χ2v) is 3.02. The zero-order valence-electron chi connectivity index (χ0n) is 7.22. The van der Waals surface area contributed by atoms with Gasteiger partial charge in [0.05, 0.1) is 0 Å². The number of nitrogens with zero attached hydrogens (tertiary/aromatic N) is 1. The molecule has 5 heteroatoms. The monoisotopic (exact) mass is 190 g/mol. The molecule has 0 saturated heterocycles. The Hall–Kier alpha value is -1.00. The predicted octanol–water partition coefficient (Wildman–Crippen LogP) is 1.69. The summed E-state index contributed by atoms with van der Waals surface area (Å²) in [6, 6.07) is 0. The molecule has 1 amide bonds. The predicted molar refractivity (Wildman–Crippen MR) is 44.7 cm³/mol. The smallest absolute Gasteiger partial charge is 0.266 e. The number of rotatable bonds is 2. The topological polar surface area (TPSA) is 41.5 Å². The highest BCUT2D eigenvalue weighted by Gasteiger charge is 2.14. The Morgan fingerprint density at radius 1 is 1.31 bits per heavy atom. The molecule has 0 unspecified atom stereocenters. The van der Waals surface area contributed by atoms with Gasteiger partial charge in [0.15, 0.2) is 0 Å². The zero-order valence-corrected chi connectivity index (χ0v) is 7.22. The first kappa shape index (κ1) is 10.1. The van der Waals surface area contributed by atoms with Crippen molar-refractivity contribution in [1.29, 1.82) is 0 Å². The van der Waals surface area contributed by atoms with Crippen LogP contribution in [-0.4, -0.2) is 18.0 Å². The van der Waals surface area contributed by atoms with Gasteiger partial charge >= 0.3 is 12.3 Å². The molecule has 0 radical (unpaired) electrons. The Morgan fingerprint density at radius 3 is 2.46 bits per heavy atom. The zero-order chi connectivity index (χ0) is 9.68. The van der Waals surface area contributed by atoms with E-state index >= 15 is 0 Å². The van der Waals surface area contributed by atoms with Gasteiger partial charge in [-0.05, 0) is 25.7 Å². The largest absolute Gasteiger partial charge is 0.317 e. The number of amides is 1. The van der Waals surface area contributed by atoms with Crippen LogP contribution < -0.4 is 5.43 Å². The van der Waals surface area contributed by atoms with Crippen LogP contribution in [0.15, 0.2) is 5.10 Å². The Labute approximate surface area is 75.2 Å². The van der Waals surface area contributed by atoms with E-state index in [1.807, 2.05) is 5.43 Å². The van der Waals surface area contributed by atoms with Crippen molar-refractivity contribution in [3.63, 3.8) is 0 Å². The van der Waals surface area contributed by atoms with Gasteiger partial charge in [0.1, 0.15) is 0 Å². The molecule has 0 spiro atoms. The van der Waals surface area contributed by atoms with Crippen molar-refractivity contribution in [3.05, 3.63) is 0 Å². The summed E-state index contributed by atoms with van der Waals surface area (Å²) in [7, 11) is 0. The van der Waals surface area contributed by atoms with Crippen molar-refractivity contribution < 1.29 is 13.6 Å². The first-order chi connectivity index (χ1) is 6.20. The average Bonchev–Trinajstić information content (AvgIpc) is 2.15. The van der Waals surface area contributed by atoms with E-state index in [1.165, 1.54) is 0 Å². The third-order valence-electron chi connectivity index (χ3n) is 1.95. The highest BCUT2D eigenvalue weighted by atomic mass is 19.3. The number of nitrogens with one attached hydrogen (secondary N) is 1. The van der Waals surface area contributed by atoms with E-state index in [-0.39, 0.29) is 0 Å². The van der Waals surface area contributed by atoms with Crippen molar-refractivity contribution in [2.45, 2.75) is 38.5 Å². The van der Waals surface area contributed by atoms with Gasteiger partial charge in [-0.25, -0.2) is 5.43 Å². The molecule has 0 heterocycles. The van der Waals surface area contributed by atoms with Gasteiger partial charge < -0.3 is 0 Å². The van der Waals surface area contributed by atoms with Crippen LogP contribution in [0.4, 0.5) is 8.78 Å². The highest BCUT2D eigenvalue weighted by molar-refractivity contribution is 5.87. The van der Waals surface area contributed by atoms with Gasteiger partial charge in [0.2, 0.25) is 0 Å². The molecule has 1 aliphatic rings. The highest BCUT2D eigenvalue weighted by Crippen LogP contribution is 2.14. The maximum Gasteiger partial charge on any atom is 0.317 e. The van der Waals surface area contributed by atoms with E-state index in [0.717, 1.165) is 37.8 Å². The molecule has 1 N–H and O–H groups in total. The number of carbonyl (C=O) groups is 1. The quantitative estimate of drug-likeness (QED) is 0.661. The molecule has 0 aromatic rings. The lowest BCUT2D eigenvalue weighted by Crippen LogP contribution is -2.26. The molecule has 1 fully saturated rings. The molecule has 3 nitrogen and oxygen atoms in total. The molecular formula is C8H12F2N2O. The third kappa shape index (κ3) is 3.48. The molecular weight excluding hydrogens is 178 g/mol. The fraction of sp³-hybridized carbons (Fsp3) is 0.750. The molecule has 1 rings (SSSR count). The summed E-state index contributed by atoms with van der Waals surface area (Å²) in [6.45, 7) is 0. The van der Waals surface area contributed by atoms with E-state index < -0.39 is 12.3 Å². The van der Waals surface area contributed by atoms with Crippen molar-refractivity contribution in [2.75, 3.05) is 0 Å². The summed E-state index contributed by atoms with van der Waals surface area (Å²) in [5.74, 6) is -1.32. The van der Waals surface area contributed by atoms with E-state index in [9.17, 15) is 13.6 Å². The first-order valence-electron chi connectivity index (χ1n) is 4.33. The van der Waals surface area contributed by atoms with Crippen molar-refractivity contribution >= 4 is 11.6 Å². The molecule has 74 valence electrons. The van der Waals surface area contributed by atoms with Crippen LogP contribution in [-0.2, 0) is 4.79 Å². The second-order valence-electron chi connectivity index (χ2n) is 3.02. The van der Waals surface area contributed by atoms with E-state index in [2.05, 4.69) is 5.10 Å². The van der Waals surface area contributed by atoms with Crippen LogP contribution in [0.25, 0.3) is 0 Å². The van der Waals surface area contributed by atoms with Gasteiger partial charge in [-0.1, -0.05) is 6.42 Å². The number of hydrazone groups is 1. The first-order valence-corrected chi connectivity index (χ1v) is 4.33. The van der Waals surface area contributed by atoms with Crippen LogP contribution in [0.2, 0.25) is 0 Å². The van der Waals surface area contributed by atoms with E-state index in [0.29, 0.717) is 0 Å². The molecule has 0 bridgehead atoms. The normalized spacial score (nSPS) is 17.3. The minimum absolute atomic E-state index is 0.809. The van der Waals surface area contributed by atoms with E-state index in [4.69, 9.17) is 0 Å². The second kappa shape index (κ2) is 4.89. The molecule has 1 aliphatic carbocycles. The van der Waals surface area contributed by atoms with Gasteiger partial charge in [0, 0.05) is 5.71 Å².